The van der Waals surface area contributed by atoms with E-state index in [-0.39, 0.29) is 0 Å². The van der Waals surface area contributed by atoms with Crippen LogP contribution in [0, 0.1) is 0 Å². The van der Waals surface area contributed by atoms with Crippen LogP contribution in [0.3, 0.4) is 0 Å². The lowest BCUT2D eigenvalue weighted by Gasteiger charge is -1.95. The molecule has 0 atom stereocenters. The van der Waals surface area contributed by atoms with Gasteiger partial charge in [0.25, 0.3) is 0 Å². The van der Waals surface area contributed by atoms with Crippen LogP contribution in [0.15, 0.2) is 36.2 Å². The van der Waals surface area contributed by atoms with E-state index in [0.29, 0.717) is 0 Å². The summed E-state index contributed by atoms with van der Waals surface area (Å²) >= 11 is 0. The normalized spacial score (nSPS) is 13.3. The summed E-state index contributed by atoms with van der Waals surface area (Å²) in [7, 11) is 0. The van der Waals surface area contributed by atoms with Gasteiger partial charge < -0.3 is 5.32 Å². The Morgan fingerprint density at radius 1 is 1.20 bits per heavy atom. The molecule has 0 spiro atoms. The quantitative estimate of drug-likeness (QED) is 0.589. The van der Waals surface area contributed by atoms with Crippen LogP contribution in [0.1, 0.15) is 20.8 Å². The first kappa shape index (κ1) is 9.02. The van der Waals surface area contributed by atoms with E-state index < -0.39 is 0 Å². The van der Waals surface area contributed by atoms with Gasteiger partial charge in [-0.2, -0.15) is 0 Å². The summed E-state index contributed by atoms with van der Waals surface area (Å²) in [6.07, 6.45) is 9.91. The highest BCUT2D eigenvalue weighted by atomic mass is 14.8. The lowest BCUT2D eigenvalue weighted by atomic mass is 10.4. The summed E-state index contributed by atoms with van der Waals surface area (Å²) in [5.74, 6) is 0. The first-order valence-corrected chi connectivity index (χ1v) is 3.48. The molecule has 0 rings (SSSR count). The highest BCUT2D eigenvalue weighted by Gasteiger charge is 1.76. The molecule has 0 aromatic carbocycles. The second-order valence-corrected chi connectivity index (χ2v) is 2.02. The molecule has 0 bridgehead atoms. The van der Waals surface area contributed by atoms with Crippen molar-refractivity contribution in [1.82, 2.24) is 5.32 Å². The average molecular weight is 137 g/mol. The second-order valence-electron chi connectivity index (χ2n) is 2.02. The van der Waals surface area contributed by atoms with Crippen LogP contribution in [0.5, 0.6) is 0 Å². The van der Waals surface area contributed by atoms with E-state index in [4.69, 9.17) is 0 Å². The van der Waals surface area contributed by atoms with E-state index in [9.17, 15) is 0 Å². The maximum Gasteiger partial charge on any atom is 0.0114 e. The molecule has 1 N–H and O–H groups in total. The predicted molar refractivity (Wildman–Crippen MR) is 46.5 cm³/mol. The van der Waals surface area contributed by atoms with E-state index in [1.165, 1.54) is 0 Å². The first-order valence-electron chi connectivity index (χ1n) is 3.48. The number of rotatable bonds is 3. The van der Waals surface area contributed by atoms with E-state index in [2.05, 4.69) is 5.32 Å². The van der Waals surface area contributed by atoms with Crippen molar-refractivity contribution in [2.75, 3.05) is 0 Å². The Hall–Kier alpha value is -0.980. The van der Waals surface area contributed by atoms with Crippen LogP contribution < -0.4 is 5.32 Å². The van der Waals surface area contributed by atoms with Gasteiger partial charge in [0.1, 0.15) is 0 Å². The van der Waals surface area contributed by atoms with Gasteiger partial charge in [-0.05, 0) is 33.0 Å². The monoisotopic (exact) mass is 137 g/mol. The fraction of sp³-hybridized carbons (Fsp3) is 0.333. The lowest BCUT2D eigenvalue weighted by molar-refractivity contribution is 1.06. The third-order valence-electron chi connectivity index (χ3n) is 1.02. The standard InChI is InChI=1S/C9H15N/c1-4-6-7-9(3)10-8-5-2/h4-8,10H,1-3H3/b6-4-,8-5-,9-7-. The van der Waals surface area contributed by atoms with Crippen molar-refractivity contribution in [2.45, 2.75) is 20.8 Å². The summed E-state index contributed by atoms with van der Waals surface area (Å²) in [6, 6.07) is 0. The minimum absolute atomic E-state index is 1.15. The van der Waals surface area contributed by atoms with Crippen molar-refractivity contribution in [2.24, 2.45) is 0 Å². The van der Waals surface area contributed by atoms with Crippen LogP contribution >= 0.6 is 0 Å². The highest BCUT2D eigenvalue weighted by Crippen LogP contribution is 1.86. The third-order valence-corrected chi connectivity index (χ3v) is 1.02. The Balaban J connectivity index is 3.70. The van der Waals surface area contributed by atoms with E-state index >= 15 is 0 Å². The molecule has 0 saturated carbocycles. The van der Waals surface area contributed by atoms with Crippen molar-refractivity contribution in [1.29, 1.82) is 0 Å². The molecule has 0 saturated heterocycles. The van der Waals surface area contributed by atoms with Crippen molar-refractivity contribution in [3.8, 4) is 0 Å². The number of nitrogens with one attached hydrogen (secondary N) is 1. The lowest BCUT2D eigenvalue weighted by Crippen LogP contribution is -1.99. The molecule has 0 heterocycles. The number of hydrogen-bond acceptors (Lipinski definition) is 1. The van der Waals surface area contributed by atoms with Crippen LogP contribution in [-0.4, -0.2) is 0 Å². The Labute approximate surface area is 63.1 Å². The SMILES string of the molecule is C/C=C\C=C(\C)N/C=C\C. The number of allylic oxidation sites excluding steroid dienone is 5. The van der Waals surface area contributed by atoms with E-state index in [0.717, 1.165) is 5.70 Å². The van der Waals surface area contributed by atoms with Crippen LogP contribution in [0.25, 0.3) is 0 Å². The molecule has 1 nitrogen and oxygen atoms in total. The molecule has 0 unspecified atom stereocenters. The molecule has 0 aromatic rings. The Morgan fingerprint density at radius 3 is 2.40 bits per heavy atom. The molecule has 0 aromatic heterocycles. The topological polar surface area (TPSA) is 12.0 Å². The molecular weight excluding hydrogens is 122 g/mol. The maximum atomic E-state index is 3.10. The van der Waals surface area contributed by atoms with Gasteiger partial charge in [-0.15, -0.1) is 0 Å². The number of hydrogen-bond donors (Lipinski definition) is 1. The largest absolute Gasteiger partial charge is 0.366 e. The molecule has 56 valence electrons. The summed E-state index contributed by atoms with van der Waals surface area (Å²) in [5.41, 5.74) is 1.15. The zero-order chi connectivity index (χ0) is 7.82. The van der Waals surface area contributed by atoms with Gasteiger partial charge in [-0.1, -0.05) is 18.2 Å². The Morgan fingerprint density at radius 2 is 1.90 bits per heavy atom. The smallest absolute Gasteiger partial charge is 0.0114 e. The molecule has 0 aliphatic rings. The van der Waals surface area contributed by atoms with Gasteiger partial charge in [0.2, 0.25) is 0 Å². The molecular formula is C9H15N. The first-order chi connectivity index (χ1) is 4.81. The Bertz CT molecular complexity index is 152. The molecule has 10 heavy (non-hydrogen) atoms. The molecule has 1 heteroatoms. The fourth-order valence-corrected chi connectivity index (χ4v) is 0.503. The van der Waals surface area contributed by atoms with Crippen molar-refractivity contribution in [3.05, 3.63) is 36.2 Å². The Kier molecular flexibility index (Phi) is 5.54. The minimum Gasteiger partial charge on any atom is -0.366 e. The van der Waals surface area contributed by atoms with Crippen LogP contribution in [-0.2, 0) is 0 Å². The second kappa shape index (κ2) is 6.14. The fourth-order valence-electron chi connectivity index (χ4n) is 0.503. The van der Waals surface area contributed by atoms with Crippen LogP contribution in [0.4, 0.5) is 0 Å². The van der Waals surface area contributed by atoms with Gasteiger partial charge in [0.15, 0.2) is 0 Å². The van der Waals surface area contributed by atoms with Gasteiger partial charge >= 0.3 is 0 Å². The molecule has 0 fully saturated rings. The zero-order valence-electron chi connectivity index (χ0n) is 6.89. The summed E-state index contributed by atoms with van der Waals surface area (Å²) in [5, 5.41) is 3.10. The zero-order valence-corrected chi connectivity index (χ0v) is 6.89. The maximum absolute atomic E-state index is 3.10. The van der Waals surface area contributed by atoms with Gasteiger partial charge in [0, 0.05) is 5.70 Å². The van der Waals surface area contributed by atoms with E-state index in [1.807, 2.05) is 51.3 Å². The van der Waals surface area contributed by atoms with Crippen molar-refractivity contribution < 1.29 is 0 Å². The van der Waals surface area contributed by atoms with Crippen molar-refractivity contribution in [3.63, 3.8) is 0 Å². The van der Waals surface area contributed by atoms with Gasteiger partial charge in [0.05, 0.1) is 0 Å². The minimum atomic E-state index is 1.15. The molecule has 0 aliphatic carbocycles. The van der Waals surface area contributed by atoms with E-state index in [1.54, 1.807) is 0 Å². The third kappa shape index (κ3) is 5.16. The highest BCUT2D eigenvalue weighted by molar-refractivity contribution is 5.09. The summed E-state index contributed by atoms with van der Waals surface area (Å²) in [4.78, 5) is 0. The predicted octanol–water partition coefficient (Wildman–Crippen LogP) is 2.59. The average Bonchev–Trinajstić information content (AvgIpc) is 1.97. The molecule has 0 aliphatic heterocycles. The van der Waals surface area contributed by atoms with Gasteiger partial charge in [-0.3, -0.25) is 0 Å². The molecule has 0 amide bonds. The van der Waals surface area contributed by atoms with Crippen molar-refractivity contribution >= 4 is 0 Å². The summed E-state index contributed by atoms with van der Waals surface area (Å²) < 4.78 is 0. The van der Waals surface area contributed by atoms with Crippen LogP contribution in [0.2, 0.25) is 0 Å². The summed E-state index contributed by atoms with van der Waals surface area (Å²) in [6.45, 7) is 6.01. The van der Waals surface area contributed by atoms with Gasteiger partial charge in [-0.25, -0.2) is 0 Å². The molecule has 0 radical (unpaired) electrons.